The zero-order chi connectivity index (χ0) is 14.7. The van der Waals surface area contributed by atoms with Crippen molar-refractivity contribution in [1.29, 1.82) is 0 Å². The number of rotatable bonds is 4. The molecule has 0 aromatic heterocycles. The van der Waals surface area contributed by atoms with E-state index in [0.717, 1.165) is 22.9 Å². The number of carbonyl (C=O) groups excluding carboxylic acids is 1. The highest BCUT2D eigenvalue weighted by molar-refractivity contribution is 9.10. The molecule has 0 saturated heterocycles. The highest BCUT2D eigenvalue weighted by atomic mass is 79.9. The molecule has 1 saturated carbocycles. The maximum Gasteiger partial charge on any atom is 0.306 e. The Balaban J connectivity index is 1.97. The summed E-state index contributed by atoms with van der Waals surface area (Å²) in [4.78, 5) is 23.2. The fourth-order valence-electron chi connectivity index (χ4n) is 2.73. The van der Waals surface area contributed by atoms with Crippen molar-refractivity contribution in [2.24, 2.45) is 11.8 Å². The summed E-state index contributed by atoms with van der Waals surface area (Å²) in [5, 5.41) is 12.0. The molecule has 108 valence electrons. The third kappa shape index (κ3) is 3.39. The molecule has 4 nitrogen and oxygen atoms in total. The zero-order valence-electron chi connectivity index (χ0n) is 11.4. The van der Waals surface area contributed by atoms with Crippen LogP contribution in [-0.4, -0.2) is 23.5 Å². The summed E-state index contributed by atoms with van der Waals surface area (Å²) in [5.41, 5.74) is 1.66. The number of halogens is 1. The molecule has 5 heteroatoms. The molecule has 2 unspecified atom stereocenters. The molecule has 2 atom stereocenters. The van der Waals surface area contributed by atoms with Crippen LogP contribution in [0.25, 0.3) is 0 Å². The first-order valence-electron chi connectivity index (χ1n) is 6.76. The molecule has 0 spiro atoms. The van der Waals surface area contributed by atoms with Crippen LogP contribution in [-0.2, 0) is 4.79 Å². The van der Waals surface area contributed by atoms with Gasteiger partial charge in [0.2, 0.25) is 0 Å². The van der Waals surface area contributed by atoms with Crippen molar-refractivity contribution < 1.29 is 14.7 Å². The number of carboxylic acid groups (broad SMARTS) is 1. The van der Waals surface area contributed by atoms with Gasteiger partial charge in [0.1, 0.15) is 0 Å². The van der Waals surface area contributed by atoms with Crippen LogP contribution >= 0.6 is 15.9 Å². The number of nitrogens with one attached hydrogen (secondary N) is 1. The van der Waals surface area contributed by atoms with Gasteiger partial charge in [-0.05, 0) is 59.3 Å². The van der Waals surface area contributed by atoms with Gasteiger partial charge in [0.15, 0.2) is 0 Å². The molecular formula is C15H18BrNO3. The Morgan fingerprint density at radius 2 is 2.15 bits per heavy atom. The second-order valence-corrected chi connectivity index (χ2v) is 6.18. The van der Waals surface area contributed by atoms with Crippen molar-refractivity contribution >= 4 is 27.8 Å². The van der Waals surface area contributed by atoms with E-state index in [4.69, 9.17) is 5.11 Å². The third-order valence-corrected chi connectivity index (χ3v) is 4.53. The number of benzene rings is 1. The van der Waals surface area contributed by atoms with Crippen LogP contribution in [0.3, 0.4) is 0 Å². The lowest BCUT2D eigenvalue weighted by atomic mass is 9.96. The van der Waals surface area contributed by atoms with Crippen LogP contribution in [0.2, 0.25) is 0 Å². The summed E-state index contributed by atoms with van der Waals surface area (Å²) in [6.45, 7) is 2.39. The summed E-state index contributed by atoms with van der Waals surface area (Å²) in [5.74, 6) is -1.19. The van der Waals surface area contributed by atoms with Crippen LogP contribution in [0.15, 0.2) is 22.7 Å². The van der Waals surface area contributed by atoms with Crippen molar-refractivity contribution in [1.82, 2.24) is 5.32 Å². The monoisotopic (exact) mass is 339 g/mol. The van der Waals surface area contributed by atoms with E-state index < -0.39 is 5.97 Å². The van der Waals surface area contributed by atoms with E-state index in [-0.39, 0.29) is 17.7 Å². The van der Waals surface area contributed by atoms with Gasteiger partial charge in [-0.2, -0.15) is 0 Å². The van der Waals surface area contributed by atoms with E-state index in [1.54, 1.807) is 6.07 Å². The Bertz CT molecular complexity index is 530. The standard InChI is InChI=1S/C15H18BrNO3/c1-9-5-6-12(13(16)7-9)14(18)17-8-10-3-2-4-11(10)15(19)20/h5-7,10-11H,2-4,8H2,1H3,(H,17,18)(H,19,20). The minimum Gasteiger partial charge on any atom is -0.481 e. The molecule has 1 aliphatic rings. The Morgan fingerprint density at radius 1 is 1.40 bits per heavy atom. The van der Waals surface area contributed by atoms with Crippen LogP contribution < -0.4 is 5.32 Å². The van der Waals surface area contributed by atoms with Gasteiger partial charge in [-0.25, -0.2) is 0 Å². The Morgan fingerprint density at radius 3 is 2.80 bits per heavy atom. The van der Waals surface area contributed by atoms with Crippen molar-refractivity contribution in [2.45, 2.75) is 26.2 Å². The maximum atomic E-state index is 12.1. The molecule has 1 aromatic rings. The SMILES string of the molecule is Cc1ccc(C(=O)NCC2CCCC2C(=O)O)c(Br)c1. The first-order chi connectivity index (χ1) is 9.49. The summed E-state index contributed by atoms with van der Waals surface area (Å²) in [6.07, 6.45) is 2.50. The van der Waals surface area contributed by atoms with Gasteiger partial charge in [0.05, 0.1) is 11.5 Å². The molecule has 1 aromatic carbocycles. The van der Waals surface area contributed by atoms with Crippen molar-refractivity contribution in [3.8, 4) is 0 Å². The predicted octanol–water partition coefficient (Wildman–Crippen LogP) is 2.99. The Kier molecular flexibility index (Phi) is 4.81. The fraction of sp³-hybridized carbons (Fsp3) is 0.467. The van der Waals surface area contributed by atoms with Gasteiger partial charge in [-0.1, -0.05) is 12.5 Å². The van der Waals surface area contributed by atoms with Crippen molar-refractivity contribution in [2.75, 3.05) is 6.54 Å². The van der Waals surface area contributed by atoms with Crippen LogP contribution in [0.5, 0.6) is 0 Å². The quantitative estimate of drug-likeness (QED) is 0.886. The average Bonchev–Trinajstić information content (AvgIpc) is 2.84. The smallest absolute Gasteiger partial charge is 0.306 e. The molecule has 0 aliphatic heterocycles. The number of aliphatic carboxylic acids is 1. The summed E-state index contributed by atoms with van der Waals surface area (Å²) < 4.78 is 0.760. The van der Waals surface area contributed by atoms with Crippen molar-refractivity contribution in [3.63, 3.8) is 0 Å². The van der Waals surface area contributed by atoms with E-state index in [0.29, 0.717) is 18.5 Å². The molecule has 0 bridgehead atoms. The highest BCUT2D eigenvalue weighted by Gasteiger charge is 2.32. The van der Waals surface area contributed by atoms with Gasteiger partial charge >= 0.3 is 5.97 Å². The normalized spacial score (nSPS) is 21.7. The lowest BCUT2D eigenvalue weighted by Gasteiger charge is -2.16. The molecule has 20 heavy (non-hydrogen) atoms. The average molecular weight is 340 g/mol. The van der Waals surface area contributed by atoms with Crippen LogP contribution in [0.1, 0.15) is 35.2 Å². The lowest BCUT2D eigenvalue weighted by Crippen LogP contribution is -2.33. The van der Waals surface area contributed by atoms with E-state index in [1.807, 2.05) is 19.1 Å². The zero-order valence-corrected chi connectivity index (χ0v) is 12.9. The second kappa shape index (κ2) is 6.39. The van der Waals surface area contributed by atoms with Crippen LogP contribution in [0.4, 0.5) is 0 Å². The topological polar surface area (TPSA) is 66.4 Å². The summed E-state index contributed by atoms with van der Waals surface area (Å²) >= 11 is 3.38. The third-order valence-electron chi connectivity index (χ3n) is 3.87. The molecule has 0 heterocycles. The molecular weight excluding hydrogens is 322 g/mol. The number of carboxylic acids is 1. The highest BCUT2D eigenvalue weighted by Crippen LogP contribution is 2.31. The van der Waals surface area contributed by atoms with Gasteiger partial charge in [-0.3, -0.25) is 9.59 Å². The van der Waals surface area contributed by atoms with Gasteiger partial charge < -0.3 is 10.4 Å². The molecule has 1 amide bonds. The van der Waals surface area contributed by atoms with Crippen molar-refractivity contribution in [3.05, 3.63) is 33.8 Å². The maximum absolute atomic E-state index is 12.1. The Hall–Kier alpha value is -1.36. The fourth-order valence-corrected chi connectivity index (χ4v) is 3.40. The second-order valence-electron chi connectivity index (χ2n) is 5.33. The largest absolute Gasteiger partial charge is 0.481 e. The molecule has 0 radical (unpaired) electrons. The summed E-state index contributed by atoms with van der Waals surface area (Å²) in [6, 6.07) is 5.55. The number of carbonyl (C=O) groups is 2. The number of hydrogen-bond acceptors (Lipinski definition) is 2. The lowest BCUT2D eigenvalue weighted by molar-refractivity contribution is -0.142. The van der Waals surface area contributed by atoms with E-state index in [9.17, 15) is 9.59 Å². The predicted molar refractivity (Wildman–Crippen MR) is 79.7 cm³/mol. The van der Waals surface area contributed by atoms with E-state index >= 15 is 0 Å². The van der Waals surface area contributed by atoms with E-state index in [1.165, 1.54) is 0 Å². The minimum atomic E-state index is -0.752. The molecule has 1 fully saturated rings. The van der Waals surface area contributed by atoms with Gasteiger partial charge in [-0.15, -0.1) is 0 Å². The number of hydrogen-bond donors (Lipinski definition) is 2. The van der Waals surface area contributed by atoms with Crippen LogP contribution in [0, 0.1) is 18.8 Å². The Labute approximate surface area is 126 Å². The van der Waals surface area contributed by atoms with Gasteiger partial charge in [0.25, 0.3) is 5.91 Å². The minimum absolute atomic E-state index is 0.0423. The number of aryl methyl sites for hydroxylation is 1. The number of amides is 1. The molecule has 1 aliphatic carbocycles. The molecule has 2 rings (SSSR count). The van der Waals surface area contributed by atoms with E-state index in [2.05, 4.69) is 21.2 Å². The first kappa shape index (κ1) is 15.0. The molecule has 2 N–H and O–H groups in total. The first-order valence-corrected chi connectivity index (χ1v) is 7.55. The summed E-state index contributed by atoms with van der Waals surface area (Å²) in [7, 11) is 0. The van der Waals surface area contributed by atoms with Gasteiger partial charge in [0, 0.05) is 11.0 Å².